The Kier molecular flexibility index (Phi) is 4.80. The van der Waals surface area contributed by atoms with Crippen LogP contribution in [0, 0.1) is 0 Å². The lowest BCUT2D eigenvalue weighted by atomic mass is 10.1. The van der Waals surface area contributed by atoms with Crippen LogP contribution in [0.25, 0.3) is 0 Å². The van der Waals surface area contributed by atoms with E-state index in [1.165, 1.54) is 0 Å². The average molecular weight is 302 g/mol. The SMILES string of the molecule is O=C(c1ccccc1)c1csc(COC2CCCCO2)c1. The summed E-state index contributed by atoms with van der Waals surface area (Å²) in [5.41, 5.74) is 1.45. The summed E-state index contributed by atoms with van der Waals surface area (Å²) in [6, 6.07) is 11.3. The summed E-state index contributed by atoms with van der Waals surface area (Å²) in [6.07, 6.45) is 3.15. The highest BCUT2D eigenvalue weighted by atomic mass is 32.1. The summed E-state index contributed by atoms with van der Waals surface area (Å²) in [7, 11) is 0. The van der Waals surface area contributed by atoms with Crippen LogP contribution in [0.5, 0.6) is 0 Å². The molecule has 0 aliphatic carbocycles. The largest absolute Gasteiger partial charge is 0.353 e. The molecular weight excluding hydrogens is 284 g/mol. The van der Waals surface area contributed by atoms with Crippen LogP contribution in [0.3, 0.4) is 0 Å². The second-order valence-corrected chi connectivity index (χ2v) is 6.10. The topological polar surface area (TPSA) is 35.5 Å². The average Bonchev–Trinajstić information content (AvgIpc) is 3.03. The molecule has 4 heteroatoms. The zero-order chi connectivity index (χ0) is 14.5. The summed E-state index contributed by atoms with van der Waals surface area (Å²) in [4.78, 5) is 13.4. The van der Waals surface area contributed by atoms with Gasteiger partial charge in [-0.1, -0.05) is 30.3 Å². The first kappa shape index (κ1) is 14.4. The van der Waals surface area contributed by atoms with Gasteiger partial charge in [0.2, 0.25) is 0 Å². The lowest BCUT2D eigenvalue weighted by Crippen LogP contribution is -2.21. The van der Waals surface area contributed by atoms with Crippen LogP contribution >= 0.6 is 11.3 Å². The van der Waals surface area contributed by atoms with Crippen molar-refractivity contribution in [3.05, 3.63) is 57.8 Å². The van der Waals surface area contributed by atoms with Gasteiger partial charge in [-0.05, 0) is 25.3 Å². The van der Waals surface area contributed by atoms with Gasteiger partial charge in [-0.15, -0.1) is 11.3 Å². The highest BCUT2D eigenvalue weighted by molar-refractivity contribution is 7.10. The van der Waals surface area contributed by atoms with Gasteiger partial charge in [0.1, 0.15) is 0 Å². The Morgan fingerprint density at radius 3 is 2.86 bits per heavy atom. The Bertz CT molecular complexity index is 585. The van der Waals surface area contributed by atoms with Gasteiger partial charge in [-0.25, -0.2) is 0 Å². The van der Waals surface area contributed by atoms with Crippen molar-refractivity contribution >= 4 is 17.1 Å². The Morgan fingerprint density at radius 2 is 2.10 bits per heavy atom. The number of carbonyl (C=O) groups is 1. The van der Waals surface area contributed by atoms with Crippen molar-refractivity contribution in [1.82, 2.24) is 0 Å². The van der Waals surface area contributed by atoms with Gasteiger partial charge >= 0.3 is 0 Å². The summed E-state index contributed by atoms with van der Waals surface area (Å²) >= 11 is 1.56. The van der Waals surface area contributed by atoms with E-state index in [-0.39, 0.29) is 12.1 Å². The number of rotatable bonds is 5. The maximum Gasteiger partial charge on any atom is 0.193 e. The van der Waals surface area contributed by atoms with Gasteiger partial charge < -0.3 is 9.47 Å². The quantitative estimate of drug-likeness (QED) is 0.782. The third-order valence-electron chi connectivity index (χ3n) is 3.50. The molecule has 2 aromatic rings. The van der Waals surface area contributed by atoms with Gasteiger partial charge in [-0.2, -0.15) is 0 Å². The van der Waals surface area contributed by atoms with Crippen LogP contribution in [0.15, 0.2) is 41.8 Å². The minimum Gasteiger partial charge on any atom is -0.353 e. The Morgan fingerprint density at radius 1 is 1.24 bits per heavy atom. The summed E-state index contributed by atoms with van der Waals surface area (Å²) in [5.74, 6) is 0.0621. The molecule has 2 heterocycles. The molecule has 3 rings (SSSR count). The first-order valence-electron chi connectivity index (χ1n) is 7.23. The molecule has 0 N–H and O–H groups in total. The Hall–Kier alpha value is -1.49. The van der Waals surface area contributed by atoms with Crippen LogP contribution in [-0.4, -0.2) is 18.7 Å². The minimum atomic E-state index is -0.0888. The molecule has 0 radical (unpaired) electrons. The molecule has 0 bridgehead atoms. The van der Waals surface area contributed by atoms with Crippen LogP contribution < -0.4 is 0 Å². The number of benzene rings is 1. The van der Waals surface area contributed by atoms with Crippen molar-refractivity contribution in [2.24, 2.45) is 0 Å². The number of ketones is 1. The van der Waals surface area contributed by atoms with E-state index < -0.39 is 0 Å². The second-order valence-electron chi connectivity index (χ2n) is 5.10. The maximum absolute atomic E-state index is 12.3. The molecule has 0 amide bonds. The lowest BCUT2D eigenvalue weighted by molar-refractivity contribution is -0.168. The lowest BCUT2D eigenvalue weighted by Gasteiger charge is -2.22. The normalized spacial score (nSPS) is 18.6. The number of thiophene rings is 1. The molecule has 1 saturated heterocycles. The van der Waals surface area contributed by atoms with E-state index in [1.54, 1.807) is 11.3 Å². The predicted molar refractivity (Wildman–Crippen MR) is 82.6 cm³/mol. The van der Waals surface area contributed by atoms with Crippen molar-refractivity contribution < 1.29 is 14.3 Å². The van der Waals surface area contributed by atoms with Crippen LogP contribution in [-0.2, 0) is 16.1 Å². The standard InChI is InChI=1S/C17H18O3S/c18-17(13-6-2-1-3-7-13)14-10-15(21-12-14)11-20-16-8-4-5-9-19-16/h1-3,6-7,10,12,16H,4-5,8-9,11H2. The molecule has 1 unspecified atom stereocenters. The van der Waals surface area contributed by atoms with E-state index in [0.717, 1.165) is 41.9 Å². The molecular formula is C17H18O3S. The van der Waals surface area contributed by atoms with Gasteiger partial charge in [0.15, 0.2) is 12.1 Å². The summed E-state index contributed by atoms with van der Waals surface area (Å²) in [6.45, 7) is 1.30. The highest BCUT2D eigenvalue weighted by Gasteiger charge is 2.15. The fourth-order valence-electron chi connectivity index (χ4n) is 2.35. The molecule has 1 aliphatic rings. The first-order chi connectivity index (χ1) is 10.3. The van der Waals surface area contributed by atoms with Gasteiger partial charge in [0.05, 0.1) is 6.61 Å². The van der Waals surface area contributed by atoms with Gasteiger partial charge in [0, 0.05) is 28.0 Å². The van der Waals surface area contributed by atoms with Crippen LogP contribution in [0.1, 0.15) is 40.1 Å². The monoisotopic (exact) mass is 302 g/mol. The fourth-order valence-corrected chi connectivity index (χ4v) is 3.13. The van der Waals surface area contributed by atoms with Crippen LogP contribution in [0.2, 0.25) is 0 Å². The molecule has 21 heavy (non-hydrogen) atoms. The molecule has 3 nitrogen and oxygen atoms in total. The van der Waals surface area contributed by atoms with E-state index >= 15 is 0 Å². The minimum absolute atomic E-state index is 0.0621. The zero-order valence-corrected chi connectivity index (χ0v) is 12.6. The van der Waals surface area contributed by atoms with E-state index in [0.29, 0.717) is 6.61 Å². The first-order valence-corrected chi connectivity index (χ1v) is 8.11. The van der Waals surface area contributed by atoms with Crippen LogP contribution in [0.4, 0.5) is 0 Å². The van der Waals surface area contributed by atoms with Crippen molar-refractivity contribution in [3.63, 3.8) is 0 Å². The number of carbonyl (C=O) groups excluding carboxylic acids is 1. The van der Waals surface area contributed by atoms with Crippen molar-refractivity contribution in [3.8, 4) is 0 Å². The van der Waals surface area contributed by atoms with E-state index in [2.05, 4.69) is 0 Å². The second kappa shape index (κ2) is 6.98. The molecule has 1 aromatic carbocycles. The fraction of sp³-hybridized carbons (Fsp3) is 0.353. The van der Waals surface area contributed by atoms with Gasteiger partial charge in [0.25, 0.3) is 0 Å². The van der Waals surface area contributed by atoms with E-state index in [4.69, 9.17) is 9.47 Å². The van der Waals surface area contributed by atoms with Gasteiger partial charge in [-0.3, -0.25) is 4.79 Å². The number of hydrogen-bond donors (Lipinski definition) is 0. The predicted octanol–water partition coefficient (Wildman–Crippen LogP) is 4.02. The molecule has 1 fully saturated rings. The number of hydrogen-bond acceptors (Lipinski definition) is 4. The molecule has 1 aliphatic heterocycles. The molecule has 110 valence electrons. The molecule has 1 atom stereocenters. The van der Waals surface area contributed by atoms with Crippen molar-refractivity contribution in [2.75, 3.05) is 6.61 Å². The van der Waals surface area contributed by atoms with Crippen molar-refractivity contribution in [2.45, 2.75) is 32.2 Å². The maximum atomic E-state index is 12.3. The summed E-state index contributed by atoms with van der Waals surface area (Å²) in [5, 5.41) is 1.90. The Balaban J connectivity index is 1.59. The van der Waals surface area contributed by atoms with E-state index in [9.17, 15) is 4.79 Å². The highest BCUT2D eigenvalue weighted by Crippen LogP contribution is 2.21. The number of ether oxygens (including phenoxy) is 2. The smallest absolute Gasteiger partial charge is 0.193 e. The molecule has 1 aromatic heterocycles. The van der Waals surface area contributed by atoms with Crippen molar-refractivity contribution in [1.29, 1.82) is 0 Å². The Labute approximate surface area is 128 Å². The zero-order valence-electron chi connectivity index (χ0n) is 11.8. The third-order valence-corrected chi connectivity index (χ3v) is 4.41. The third kappa shape index (κ3) is 3.79. The molecule has 0 spiro atoms. The summed E-state index contributed by atoms with van der Waals surface area (Å²) < 4.78 is 11.3. The van der Waals surface area contributed by atoms with E-state index in [1.807, 2.05) is 41.8 Å². The molecule has 0 saturated carbocycles.